The number of unbranched alkanes of at least 4 members (excludes halogenated alkanes) is 19. The fourth-order valence-corrected chi connectivity index (χ4v) is 6.38. The molecule has 4 N–H and O–H groups in total. The molecule has 0 aromatic carbocycles. The maximum absolute atomic E-state index is 12.7. The highest BCUT2D eigenvalue weighted by atomic mass is 16.7. The number of ether oxygens (including phenoxy) is 4. The van der Waals surface area contributed by atoms with Crippen LogP contribution in [0.25, 0.3) is 0 Å². The Hall–Kier alpha value is -1.59. The van der Waals surface area contributed by atoms with Gasteiger partial charge < -0.3 is 39.4 Å². The fourth-order valence-electron chi connectivity index (χ4n) is 6.38. The van der Waals surface area contributed by atoms with Crippen LogP contribution in [-0.4, -0.2) is 89.6 Å². The third-order valence-corrected chi connectivity index (χ3v) is 9.81. The van der Waals surface area contributed by atoms with Crippen LogP contribution < -0.4 is 0 Å². The topological polar surface area (TPSA) is 135 Å². The number of aliphatic hydroxyl groups is 4. The molecule has 0 aliphatic carbocycles. The van der Waals surface area contributed by atoms with E-state index in [9.17, 15) is 25.2 Å². The fraction of sp³-hybridized carbons (Fsp3) is 0.841. The molecule has 310 valence electrons. The molecule has 0 bridgehead atoms. The Morgan fingerprint density at radius 2 is 1.09 bits per heavy atom. The smallest absolute Gasteiger partial charge is 0.306 e. The van der Waals surface area contributed by atoms with Gasteiger partial charge in [-0.2, -0.15) is 0 Å². The van der Waals surface area contributed by atoms with E-state index in [4.69, 9.17) is 18.9 Å². The summed E-state index contributed by atoms with van der Waals surface area (Å²) in [6.07, 6.45) is 34.6. The zero-order chi connectivity index (χ0) is 38.6. The zero-order valence-corrected chi connectivity index (χ0v) is 33.8. The first-order valence-electron chi connectivity index (χ1n) is 21.6. The van der Waals surface area contributed by atoms with E-state index in [1.54, 1.807) is 0 Å². The van der Waals surface area contributed by atoms with Crippen molar-refractivity contribution in [3.8, 4) is 0 Å². The standard InChI is InChI=1S/C44H80O9/c1-3-5-7-9-11-13-14-15-16-17-18-19-20-21-22-23-24-25-27-29-31-33-40(46)52-38(36-50-34-32-30-28-26-12-10-8-6-4-2)37-51-44-43(49)42(48)41(47)39(35-45)53-44/h14-15,17-18,20-21,38-39,41-45,47-49H,3-13,16,19,22-37H2,1-2H3/b15-14-,18-17-,21-20-. The molecular weight excluding hydrogens is 672 g/mol. The van der Waals surface area contributed by atoms with Crippen molar-refractivity contribution in [3.63, 3.8) is 0 Å². The Kier molecular flexibility index (Phi) is 33.6. The van der Waals surface area contributed by atoms with Crippen LogP contribution in [-0.2, 0) is 23.7 Å². The van der Waals surface area contributed by atoms with Crippen molar-refractivity contribution in [1.29, 1.82) is 0 Å². The third kappa shape index (κ3) is 27.6. The van der Waals surface area contributed by atoms with Gasteiger partial charge in [0.15, 0.2) is 6.29 Å². The minimum absolute atomic E-state index is 0.117. The number of aliphatic hydroxyl groups excluding tert-OH is 4. The van der Waals surface area contributed by atoms with Gasteiger partial charge in [-0.3, -0.25) is 4.79 Å². The van der Waals surface area contributed by atoms with Gasteiger partial charge >= 0.3 is 5.97 Å². The molecule has 0 radical (unpaired) electrons. The summed E-state index contributed by atoms with van der Waals surface area (Å²) in [5.74, 6) is -0.327. The summed E-state index contributed by atoms with van der Waals surface area (Å²) < 4.78 is 22.7. The second-order valence-electron chi connectivity index (χ2n) is 14.8. The zero-order valence-electron chi connectivity index (χ0n) is 33.8. The molecule has 1 fully saturated rings. The minimum Gasteiger partial charge on any atom is -0.457 e. The molecule has 1 aliphatic heterocycles. The van der Waals surface area contributed by atoms with Gasteiger partial charge in [0.1, 0.15) is 30.5 Å². The highest BCUT2D eigenvalue weighted by Crippen LogP contribution is 2.22. The third-order valence-electron chi connectivity index (χ3n) is 9.81. The Bertz CT molecular complexity index is 905. The van der Waals surface area contributed by atoms with E-state index in [-0.39, 0.29) is 19.2 Å². The SMILES string of the molecule is CCCCCCC/C=C\C/C=C\C/C=C\CCCCCCCCC(=O)OC(COCCCCCCCCCCC)COC1OC(CO)C(O)C(O)C1O. The highest BCUT2D eigenvalue weighted by molar-refractivity contribution is 5.69. The second-order valence-corrected chi connectivity index (χ2v) is 14.8. The average molecular weight is 753 g/mol. The van der Waals surface area contributed by atoms with Crippen LogP contribution in [0.5, 0.6) is 0 Å². The monoisotopic (exact) mass is 753 g/mol. The Labute approximate surface area is 323 Å². The summed E-state index contributed by atoms with van der Waals surface area (Å²) >= 11 is 0. The van der Waals surface area contributed by atoms with Crippen LogP contribution in [0.4, 0.5) is 0 Å². The average Bonchev–Trinajstić information content (AvgIpc) is 3.16. The lowest BCUT2D eigenvalue weighted by Crippen LogP contribution is -2.59. The van der Waals surface area contributed by atoms with Crippen LogP contribution in [0.1, 0.15) is 174 Å². The molecule has 9 nitrogen and oxygen atoms in total. The predicted octanol–water partition coefficient (Wildman–Crippen LogP) is 9.19. The molecule has 0 aromatic rings. The lowest BCUT2D eigenvalue weighted by atomic mass is 9.99. The van der Waals surface area contributed by atoms with Crippen LogP contribution in [0.3, 0.4) is 0 Å². The number of rotatable bonds is 36. The summed E-state index contributed by atoms with van der Waals surface area (Å²) in [6.45, 7) is 4.51. The normalized spacial score (nSPS) is 21.4. The number of hydrogen-bond acceptors (Lipinski definition) is 9. The van der Waals surface area contributed by atoms with Gasteiger partial charge in [-0.15, -0.1) is 0 Å². The predicted molar refractivity (Wildman–Crippen MR) is 215 cm³/mol. The summed E-state index contributed by atoms with van der Waals surface area (Å²) in [6, 6.07) is 0. The molecule has 1 rings (SSSR count). The molecule has 9 heteroatoms. The van der Waals surface area contributed by atoms with Crippen molar-refractivity contribution in [3.05, 3.63) is 36.5 Å². The number of hydrogen-bond donors (Lipinski definition) is 4. The lowest BCUT2D eigenvalue weighted by molar-refractivity contribution is -0.305. The van der Waals surface area contributed by atoms with Crippen molar-refractivity contribution in [2.24, 2.45) is 0 Å². The first-order valence-corrected chi connectivity index (χ1v) is 21.6. The molecule has 0 spiro atoms. The van der Waals surface area contributed by atoms with Crippen molar-refractivity contribution in [2.45, 2.75) is 211 Å². The van der Waals surface area contributed by atoms with Gasteiger partial charge in [0, 0.05) is 13.0 Å². The quantitative estimate of drug-likeness (QED) is 0.0281. The van der Waals surface area contributed by atoms with Gasteiger partial charge in [0.05, 0.1) is 19.8 Å². The van der Waals surface area contributed by atoms with Gasteiger partial charge in [-0.05, 0) is 51.4 Å². The van der Waals surface area contributed by atoms with E-state index in [1.807, 2.05) is 0 Å². The van der Waals surface area contributed by atoms with E-state index in [1.165, 1.54) is 96.3 Å². The molecule has 0 aromatic heterocycles. The van der Waals surface area contributed by atoms with E-state index in [0.717, 1.165) is 57.8 Å². The number of carbonyl (C=O) groups is 1. The van der Waals surface area contributed by atoms with Crippen LogP contribution in [0.15, 0.2) is 36.5 Å². The Morgan fingerprint density at radius 3 is 1.64 bits per heavy atom. The van der Waals surface area contributed by atoms with E-state index in [2.05, 4.69) is 50.3 Å². The Balaban J connectivity index is 2.25. The molecular formula is C44H80O9. The number of esters is 1. The molecule has 1 heterocycles. The second kappa shape index (κ2) is 36.1. The first kappa shape index (κ1) is 49.4. The Morgan fingerprint density at radius 1 is 0.604 bits per heavy atom. The summed E-state index contributed by atoms with van der Waals surface area (Å²) in [4.78, 5) is 12.7. The van der Waals surface area contributed by atoms with Crippen molar-refractivity contribution in [2.75, 3.05) is 26.4 Å². The minimum atomic E-state index is -1.54. The first-order chi connectivity index (χ1) is 25.9. The van der Waals surface area contributed by atoms with Crippen molar-refractivity contribution < 1.29 is 44.2 Å². The van der Waals surface area contributed by atoms with Crippen molar-refractivity contribution in [1.82, 2.24) is 0 Å². The lowest BCUT2D eigenvalue weighted by Gasteiger charge is -2.39. The maximum Gasteiger partial charge on any atom is 0.306 e. The maximum atomic E-state index is 12.7. The summed E-state index contributed by atoms with van der Waals surface area (Å²) in [7, 11) is 0. The van der Waals surface area contributed by atoms with Gasteiger partial charge in [-0.1, -0.05) is 153 Å². The number of carbonyl (C=O) groups excluding carboxylic acids is 1. The van der Waals surface area contributed by atoms with E-state index >= 15 is 0 Å². The highest BCUT2D eigenvalue weighted by Gasteiger charge is 2.44. The van der Waals surface area contributed by atoms with E-state index in [0.29, 0.717) is 13.0 Å². The molecule has 1 aliphatic rings. The summed E-state index contributed by atoms with van der Waals surface area (Å²) in [5, 5.41) is 40.0. The molecule has 6 unspecified atom stereocenters. The van der Waals surface area contributed by atoms with Crippen LogP contribution >= 0.6 is 0 Å². The number of allylic oxidation sites excluding steroid dienone is 6. The van der Waals surface area contributed by atoms with Gasteiger partial charge in [0.25, 0.3) is 0 Å². The molecule has 0 amide bonds. The van der Waals surface area contributed by atoms with Crippen LogP contribution in [0, 0.1) is 0 Å². The van der Waals surface area contributed by atoms with Gasteiger partial charge in [0.2, 0.25) is 0 Å². The molecule has 0 saturated carbocycles. The molecule has 1 saturated heterocycles. The largest absolute Gasteiger partial charge is 0.457 e. The summed E-state index contributed by atoms with van der Waals surface area (Å²) in [5.41, 5.74) is 0. The van der Waals surface area contributed by atoms with Crippen LogP contribution in [0.2, 0.25) is 0 Å². The van der Waals surface area contributed by atoms with Gasteiger partial charge in [-0.25, -0.2) is 0 Å². The van der Waals surface area contributed by atoms with Crippen molar-refractivity contribution >= 4 is 5.97 Å². The molecule has 6 atom stereocenters. The van der Waals surface area contributed by atoms with E-state index < -0.39 is 43.4 Å². The molecule has 53 heavy (non-hydrogen) atoms.